The molecule has 1 aromatic carbocycles. The second-order valence-corrected chi connectivity index (χ2v) is 4.85. The summed E-state index contributed by atoms with van der Waals surface area (Å²) in [4.78, 5) is 15.1. The third-order valence-corrected chi connectivity index (χ3v) is 3.10. The first-order valence-electron chi connectivity index (χ1n) is 5.96. The Labute approximate surface area is 114 Å². The number of halogens is 1. The molecule has 1 fully saturated rings. The minimum Gasteiger partial charge on any atom is -0.485 e. The van der Waals surface area contributed by atoms with E-state index < -0.39 is 0 Å². The van der Waals surface area contributed by atoms with Crippen LogP contribution in [0, 0.1) is 0 Å². The Morgan fingerprint density at radius 1 is 1.47 bits per heavy atom. The van der Waals surface area contributed by atoms with Crippen LogP contribution in [0.2, 0.25) is 5.02 Å². The van der Waals surface area contributed by atoms with Gasteiger partial charge in [-0.3, -0.25) is 4.79 Å². The monoisotopic (exact) mass is 278 g/mol. The van der Waals surface area contributed by atoms with Crippen LogP contribution in [-0.2, 0) is 6.61 Å². The molecule has 3 rings (SSSR count). The van der Waals surface area contributed by atoms with Crippen LogP contribution in [0.25, 0.3) is 0 Å². The third kappa shape index (κ3) is 2.76. The topological polar surface area (TPSA) is 65.2 Å². The molecule has 1 aromatic heterocycles. The van der Waals surface area contributed by atoms with Crippen molar-refractivity contribution < 1.29 is 14.1 Å². The zero-order valence-corrected chi connectivity index (χ0v) is 10.8. The summed E-state index contributed by atoms with van der Waals surface area (Å²) < 4.78 is 10.6. The van der Waals surface area contributed by atoms with Crippen molar-refractivity contribution in [2.75, 3.05) is 0 Å². The lowest BCUT2D eigenvalue weighted by Crippen LogP contribution is -2.00. The van der Waals surface area contributed by atoms with Gasteiger partial charge in [-0.15, -0.1) is 0 Å². The predicted octanol–water partition coefficient (Wildman–Crippen LogP) is 2.99. The van der Waals surface area contributed by atoms with Crippen molar-refractivity contribution in [3.8, 4) is 5.75 Å². The molecule has 0 atom stereocenters. The number of aldehydes is 1. The molecule has 0 N–H and O–H groups in total. The van der Waals surface area contributed by atoms with Gasteiger partial charge in [0.15, 0.2) is 12.9 Å². The van der Waals surface area contributed by atoms with Crippen molar-refractivity contribution in [3.05, 3.63) is 40.5 Å². The first kappa shape index (κ1) is 12.2. The number of carbonyl (C=O) groups is 1. The van der Waals surface area contributed by atoms with Crippen LogP contribution in [0.1, 0.15) is 40.8 Å². The van der Waals surface area contributed by atoms with Crippen LogP contribution in [0.15, 0.2) is 22.7 Å². The second kappa shape index (κ2) is 5.01. The van der Waals surface area contributed by atoms with E-state index in [0.29, 0.717) is 40.3 Å². The molecule has 1 aliphatic rings. The third-order valence-electron chi connectivity index (χ3n) is 2.87. The van der Waals surface area contributed by atoms with Crippen molar-refractivity contribution in [1.82, 2.24) is 10.1 Å². The van der Waals surface area contributed by atoms with Crippen molar-refractivity contribution in [3.63, 3.8) is 0 Å². The molecule has 0 unspecified atom stereocenters. The molecule has 0 aliphatic heterocycles. The summed E-state index contributed by atoms with van der Waals surface area (Å²) in [5.74, 6) is 2.03. The summed E-state index contributed by atoms with van der Waals surface area (Å²) in [6.07, 6.45) is 2.91. The van der Waals surface area contributed by atoms with Crippen LogP contribution in [-0.4, -0.2) is 16.4 Å². The Kier molecular flexibility index (Phi) is 3.21. The van der Waals surface area contributed by atoms with Crippen LogP contribution in [0.5, 0.6) is 5.75 Å². The van der Waals surface area contributed by atoms with Gasteiger partial charge in [-0.25, -0.2) is 0 Å². The van der Waals surface area contributed by atoms with Crippen molar-refractivity contribution >= 4 is 17.9 Å². The quantitative estimate of drug-likeness (QED) is 0.787. The standard InChI is InChI=1S/C13H11ClN2O3/c14-10-3-4-11(9(5-10)6-17)18-7-12-15-13(19-16-12)8-1-2-8/h3-6,8H,1-2,7H2. The molecule has 1 saturated carbocycles. The van der Waals surface area contributed by atoms with Crippen LogP contribution in [0.4, 0.5) is 0 Å². The number of hydrogen-bond donors (Lipinski definition) is 0. The summed E-state index contributed by atoms with van der Waals surface area (Å²) in [5, 5.41) is 4.33. The minimum atomic E-state index is 0.165. The van der Waals surface area contributed by atoms with Crippen molar-refractivity contribution in [2.24, 2.45) is 0 Å². The van der Waals surface area contributed by atoms with Gasteiger partial charge in [0.25, 0.3) is 0 Å². The number of ether oxygens (including phenoxy) is 1. The van der Waals surface area contributed by atoms with Crippen molar-refractivity contribution in [1.29, 1.82) is 0 Å². The highest BCUT2D eigenvalue weighted by Gasteiger charge is 2.29. The van der Waals surface area contributed by atoms with Gasteiger partial charge in [0.2, 0.25) is 11.7 Å². The molecule has 1 aliphatic carbocycles. The zero-order valence-electron chi connectivity index (χ0n) is 10.0. The van der Waals surface area contributed by atoms with E-state index in [1.807, 2.05) is 0 Å². The van der Waals surface area contributed by atoms with Gasteiger partial charge in [0.1, 0.15) is 5.75 Å². The van der Waals surface area contributed by atoms with Crippen molar-refractivity contribution in [2.45, 2.75) is 25.4 Å². The first-order chi connectivity index (χ1) is 9.26. The van der Waals surface area contributed by atoms with E-state index in [1.54, 1.807) is 18.2 Å². The molecule has 19 heavy (non-hydrogen) atoms. The number of nitrogens with zero attached hydrogens (tertiary/aromatic N) is 2. The molecule has 0 saturated heterocycles. The van der Waals surface area contributed by atoms with Crippen LogP contribution >= 0.6 is 11.6 Å². The van der Waals surface area contributed by atoms with Gasteiger partial charge in [-0.05, 0) is 31.0 Å². The molecule has 98 valence electrons. The molecule has 5 nitrogen and oxygen atoms in total. The highest BCUT2D eigenvalue weighted by Crippen LogP contribution is 2.38. The van der Waals surface area contributed by atoms with Gasteiger partial charge >= 0.3 is 0 Å². The fourth-order valence-electron chi connectivity index (χ4n) is 1.71. The molecule has 0 amide bonds. The maximum Gasteiger partial charge on any atom is 0.229 e. The van der Waals surface area contributed by atoms with E-state index >= 15 is 0 Å². The zero-order chi connectivity index (χ0) is 13.2. The van der Waals surface area contributed by atoms with E-state index in [4.69, 9.17) is 20.9 Å². The lowest BCUT2D eigenvalue weighted by atomic mass is 10.2. The number of carbonyl (C=O) groups excluding carboxylic acids is 1. The Bertz CT molecular complexity index is 608. The molecule has 1 heterocycles. The summed E-state index contributed by atoms with van der Waals surface area (Å²) >= 11 is 5.80. The van der Waals surface area contributed by atoms with Gasteiger partial charge in [0, 0.05) is 10.9 Å². The average Bonchev–Trinajstić information content (AvgIpc) is 3.17. The maximum absolute atomic E-state index is 10.9. The molecule has 0 spiro atoms. The summed E-state index contributed by atoms with van der Waals surface area (Å²) in [7, 11) is 0. The second-order valence-electron chi connectivity index (χ2n) is 4.41. The van der Waals surface area contributed by atoms with E-state index in [0.717, 1.165) is 12.8 Å². The molecule has 2 aromatic rings. The van der Waals surface area contributed by atoms with Gasteiger partial charge in [-0.2, -0.15) is 4.98 Å². The summed E-state index contributed by atoms with van der Waals surface area (Å²) in [6, 6.07) is 4.86. The van der Waals surface area contributed by atoms with E-state index in [-0.39, 0.29) is 6.61 Å². The molecule has 6 heteroatoms. The smallest absolute Gasteiger partial charge is 0.229 e. The van der Waals surface area contributed by atoms with E-state index in [2.05, 4.69) is 10.1 Å². The Balaban J connectivity index is 1.69. The van der Waals surface area contributed by atoms with Crippen LogP contribution < -0.4 is 4.74 Å². The normalized spacial score (nSPS) is 14.4. The lowest BCUT2D eigenvalue weighted by Gasteiger charge is -2.05. The van der Waals surface area contributed by atoms with Gasteiger partial charge in [-0.1, -0.05) is 16.8 Å². The summed E-state index contributed by atoms with van der Waals surface area (Å²) in [5.41, 5.74) is 0.401. The molecular weight excluding hydrogens is 268 g/mol. The molecule has 0 bridgehead atoms. The Morgan fingerprint density at radius 2 is 2.32 bits per heavy atom. The lowest BCUT2D eigenvalue weighted by molar-refractivity contribution is 0.111. The number of rotatable bonds is 5. The van der Waals surface area contributed by atoms with Gasteiger partial charge in [0.05, 0.1) is 5.56 Å². The summed E-state index contributed by atoms with van der Waals surface area (Å²) in [6.45, 7) is 0.165. The maximum atomic E-state index is 10.9. The van der Waals surface area contributed by atoms with E-state index in [1.165, 1.54) is 0 Å². The predicted molar refractivity (Wildman–Crippen MR) is 67.4 cm³/mol. The Morgan fingerprint density at radius 3 is 3.05 bits per heavy atom. The van der Waals surface area contributed by atoms with Gasteiger partial charge < -0.3 is 9.26 Å². The number of benzene rings is 1. The number of aromatic nitrogens is 2. The number of hydrogen-bond acceptors (Lipinski definition) is 5. The highest BCUT2D eigenvalue weighted by atomic mass is 35.5. The molecular formula is C13H11ClN2O3. The van der Waals surface area contributed by atoms with Crippen LogP contribution in [0.3, 0.4) is 0 Å². The SMILES string of the molecule is O=Cc1cc(Cl)ccc1OCc1noc(C2CC2)n1. The average molecular weight is 279 g/mol. The van der Waals surface area contributed by atoms with E-state index in [9.17, 15) is 4.79 Å². The molecule has 0 radical (unpaired) electrons. The largest absolute Gasteiger partial charge is 0.485 e. The fourth-order valence-corrected chi connectivity index (χ4v) is 1.89. The fraction of sp³-hybridized carbons (Fsp3) is 0.308. The minimum absolute atomic E-state index is 0.165. The highest BCUT2D eigenvalue weighted by molar-refractivity contribution is 6.30. The Hall–Kier alpha value is -1.88. The first-order valence-corrected chi connectivity index (χ1v) is 6.34.